The number of hydrogen-bond donors (Lipinski definition) is 3. The topological polar surface area (TPSA) is 62.8 Å². The first-order valence-electron chi connectivity index (χ1n) is 8.89. The summed E-state index contributed by atoms with van der Waals surface area (Å²) in [4.78, 5) is 0. The Balaban J connectivity index is 0.00000364. The van der Waals surface area contributed by atoms with Gasteiger partial charge in [0.1, 0.15) is 12.4 Å². The highest BCUT2D eigenvalue weighted by Crippen LogP contribution is 2.32. The average Bonchev–Trinajstić information content (AvgIpc) is 2.65. The van der Waals surface area contributed by atoms with E-state index in [4.69, 9.17) is 14.6 Å². The molecular weight excluding hydrogens is 406 g/mol. The summed E-state index contributed by atoms with van der Waals surface area (Å²) in [6, 6.07) is 12.3. The van der Waals surface area contributed by atoms with Gasteiger partial charge in [-0.1, -0.05) is 30.3 Å². The van der Waals surface area contributed by atoms with Gasteiger partial charge in [0, 0.05) is 37.3 Å². The van der Waals surface area contributed by atoms with E-state index < -0.39 is 0 Å². The van der Waals surface area contributed by atoms with Crippen LogP contribution in [-0.4, -0.2) is 38.0 Å². The Morgan fingerprint density at radius 1 is 0.893 bits per heavy atom. The summed E-state index contributed by atoms with van der Waals surface area (Å²) < 4.78 is 25.4. The van der Waals surface area contributed by atoms with E-state index in [0.29, 0.717) is 36.8 Å². The van der Waals surface area contributed by atoms with Crippen molar-refractivity contribution >= 4 is 24.8 Å². The number of nitrogens with one attached hydrogen (secondary N) is 2. The zero-order valence-corrected chi connectivity index (χ0v) is 17.6. The SMILES string of the molecule is CCOc1cccc(CNCCNCCO)c1OCc1ccccc1F.Cl.Cl. The van der Waals surface area contributed by atoms with Crippen molar-refractivity contribution in [1.82, 2.24) is 10.6 Å². The molecule has 0 saturated carbocycles. The molecule has 3 N–H and O–H groups in total. The molecule has 0 bridgehead atoms. The number of benzene rings is 2. The second-order valence-corrected chi connectivity index (χ2v) is 5.71. The molecule has 0 aliphatic rings. The molecule has 8 heteroatoms. The fourth-order valence-corrected chi connectivity index (χ4v) is 2.50. The van der Waals surface area contributed by atoms with Gasteiger partial charge in [-0.3, -0.25) is 0 Å². The third-order valence-corrected chi connectivity index (χ3v) is 3.77. The maximum atomic E-state index is 13.8. The first kappa shape index (κ1) is 26.4. The summed E-state index contributed by atoms with van der Waals surface area (Å²) in [5.41, 5.74) is 1.46. The van der Waals surface area contributed by atoms with Crippen molar-refractivity contribution in [3.63, 3.8) is 0 Å². The van der Waals surface area contributed by atoms with E-state index in [9.17, 15) is 4.39 Å². The molecule has 0 saturated heterocycles. The van der Waals surface area contributed by atoms with Gasteiger partial charge in [0.2, 0.25) is 0 Å². The molecule has 5 nitrogen and oxygen atoms in total. The van der Waals surface area contributed by atoms with Gasteiger partial charge in [0.05, 0.1) is 13.2 Å². The molecule has 0 amide bonds. The van der Waals surface area contributed by atoms with Gasteiger partial charge in [0.25, 0.3) is 0 Å². The Bertz CT molecular complexity index is 678. The molecule has 0 spiro atoms. The third kappa shape index (κ3) is 8.63. The van der Waals surface area contributed by atoms with Gasteiger partial charge in [0.15, 0.2) is 11.5 Å². The normalized spacial score (nSPS) is 9.96. The molecule has 158 valence electrons. The van der Waals surface area contributed by atoms with E-state index in [0.717, 1.165) is 18.7 Å². The molecule has 28 heavy (non-hydrogen) atoms. The van der Waals surface area contributed by atoms with Crippen molar-refractivity contribution in [2.75, 3.05) is 32.8 Å². The average molecular weight is 435 g/mol. The molecular formula is C20H29Cl2FN2O3. The van der Waals surface area contributed by atoms with E-state index in [1.807, 2.05) is 25.1 Å². The van der Waals surface area contributed by atoms with Crippen LogP contribution >= 0.6 is 24.8 Å². The number of rotatable bonds is 12. The Hall–Kier alpha value is -1.57. The molecule has 0 aliphatic heterocycles. The van der Waals surface area contributed by atoms with E-state index in [2.05, 4.69) is 10.6 Å². The fraction of sp³-hybridized carbons (Fsp3) is 0.400. The van der Waals surface area contributed by atoms with Crippen molar-refractivity contribution in [2.24, 2.45) is 0 Å². The van der Waals surface area contributed by atoms with Crippen LogP contribution in [0.25, 0.3) is 0 Å². The van der Waals surface area contributed by atoms with Gasteiger partial charge >= 0.3 is 0 Å². The van der Waals surface area contributed by atoms with Gasteiger partial charge in [-0.15, -0.1) is 24.8 Å². The zero-order chi connectivity index (χ0) is 18.6. The van der Waals surface area contributed by atoms with Crippen molar-refractivity contribution in [2.45, 2.75) is 20.1 Å². The Kier molecular flexibility index (Phi) is 14.5. The quantitative estimate of drug-likeness (QED) is 0.447. The smallest absolute Gasteiger partial charge is 0.166 e. The highest BCUT2D eigenvalue weighted by molar-refractivity contribution is 5.85. The number of hydrogen-bond acceptors (Lipinski definition) is 5. The second-order valence-electron chi connectivity index (χ2n) is 5.71. The van der Waals surface area contributed by atoms with Crippen LogP contribution in [0.4, 0.5) is 4.39 Å². The molecule has 0 aliphatic carbocycles. The minimum Gasteiger partial charge on any atom is -0.490 e. The van der Waals surface area contributed by atoms with Crippen LogP contribution in [-0.2, 0) is 13.2 Å². The van der Waals surface area contributed by atoms with Gasteiger partial charge < -0.3 is 25.2 Å². The van der Waals surface area contributed by atoms with E-state index in [-0.39, 0.29) is 43.8 Å². The fourth-order valence-electron chi connectivity index (χ4n) is 2.50. The van der Waals surface area contributed by atoms with Crippen LogP contribution in [0, 0.1) is 5.82 Å². The third-order valence-electron chi connectivity index (χ3n) is 3.77. The minimum absolute atomic E-state index is 0. The van der Waals surface area contributed by atoms with Crippen molar-refractivity contribution in [1.29, 1.82) is 0 Å². The monoisotopic (exact) mass is 434 g/mol. The second kappa shape index (κ2) is 15.4. The molecule has 0 atom stereocenters. The first-order chi connectivity index (χ1) is 12.8. The lowest BCUT2D eigenvalue weighted by Crippen LogP contribution is -2.28. The predicted octanol–water partition coefficient (Wildman–Crippen LogP) is 3.32. The molecule has 2 aromatic rings. The van der Waals surface area contributed by atoms with Crippen molar-refractivity contribution in [3.05, 3.63) is 59.4 Å². The van der Waals surface area contributed by atoms with Crippen LogP contribution in [0.15, 0.2) is 42.5 Å². The maximum Gasteiger partial charge on any atom is 0.166 e. The lowest BCUT2D eigenvalue weighted by atomic mass is 10.1. The summed E-state index contributed by atoms with van der Waals surface area (Å²) in [6.45, 7) is 5.41. The maximum absolute atomic E-state index is 13.8. The minimum atomic E-state index is -0.281. The van der Waals surface area contributed by atoms with Crippen molar-refractivity contribution in [3.8, 4) is 11.5 Å². The molecule has 0 radical (unpaired) electrons. The van der Waals surface area contributed by atoms with Gasteiger partial charge in [-0.2, -0.15) is 0 Å². The van der Waals surface area contributed by atoms with Gasteiger partial charge in [-0.05, 0) is 19.1 Å². The van der Waals surface area contributed by atoms with E-state index >= 15 is 0 Å². The number of para-hydroxylation sites is 1. The zero-order valence-electron chi connectivity index (χ0n) is 15.9. The molecule has 0 unspecified atom stereocenters. The Labute approximate surface area is 178 Å². The Morgan fingerprint density at radius 2 is 1.61 bits per heavy atom. The number of ether oxygens (including phenoxy) is 2. The molecule has 0 fully saturated rings. The van der Waals surface area contributed by atoms with E-state index in [1.165, 1.54) is 6.07 Å². The number of aliphatic hydroxyl groups is 1. The standard InChI is InChI=1S/C20H27FN2O3.2ClH/c1-2-25-19-9-5-7-16(14-23-11-10-22-12-13-24)20(19)26-15-17-6-3-4-8-18(17)21;;/h3-9,22-24H,2,10-15H2,1H3;2*1H. The highest BCUT2D eigenvalue weighted by atomic mass is 35.5. The van der Waals surface area contributed by atoms with Crippen LogP contribution < -0.4 is 20.1 Å². The summed E-state index contributed by atoms with van der Waals surface area (Å²) in [7, 11) is 0. The Morgan fingerprint density at radius 3 is 2.32 bits per heavy atom. The largest absolute Gasteiger partial charge is 0.490 e. The van der Waals surface area contributed by atoms with E-state index in [1.54, 1.807) is 18.2 Å². The highest BCUT2D eigenvalue weighted by Gasteiger charge is 2.12. The van der Waals surface area contributed by atoms with Gasteiger partial charge in [-0.25, -0.2) is 4.39 Å². The number of halogens is 3. The molecule has 2 rings (SSSR count). The lowest BCUT2D eigenvalue weighted by Gasteiger charge is -2.17. The summed E-state index contributed by atoms with van der Waals surface area (Å²) in [6.07, 6.45) is 0. The molecule has 0 aromatic heterocycles. The molecule has 0 heterocycles. The summed E-state index contributed by atoms with van der Waals surface area (Å²) in [5.74, 6) is 1.01. The van der Waals surface area contributed by atoms with Crippen LogP contribution in [0.2, 0.25) is 0 Å². The molecule has 2 aromatic carbocycles. The predicted molar refractivity (Wildman–Crippen MR) is 115 cm³/mol. The lowest BCUT2D eigenvalue weighted by molar-refractivity contribution is 0.262. The summed E-state index contributed by atoms with van der Waals surface area (Å²) >= 11 is 0. The van der Waals surface area contributed by atoms with Crippen LogP contribution in [0.1, 0.15) is 18.1 Å². The number of aliphatic hydroxyl groups excluding tert-OH is 1. The first-order valence-corrected chi connectivity index (χ1v) is 8.89. The van der Waals surface area contributed by atoms with Crippen LogP contribution in [0.3, 0.4) is 0 Å². The van der Waals surface area contributed by atoms with Crippen molar-refractivity contribution < 1.29 is 19.0 Å². The van der Waals surface area contributed by atoms with Crippen LogP contribution in [0.5, 0.6) is 11.5 Å². The summed E-state index contributed by atoms with van der Waals surface area (Å²) in [5, 5.41) is 15.2.